The first kappa shape index (κ1) is 12.6. The van der Waals surface area contributed by atoms with Crippen LogP contribution in [0.15, 0.2) is 6.07 Å². The number of hydrogen-bond donors (Lipinski definition) is 0. The van der Waals surface area contributed by atoms with Crippen molar-refractivity contribution in [3.63, 3.8) is 0 Å². The molecule has 0 amide bonds. The van der Waals surface area contributed by atoms with Crippen LogP contribution in [0.4, 0.5) is 0 Å². The largest absolute Gasteiger partial charge is 1.00 e. The summed E-state index contributed by atoms with van der Waals surface area (Å²) in [5.41, 5.74) is -0.299. The molecule has 7 heteroatoms. The monoisotopic (exact) mass is 210 g/mol. The molecule has 1 heterocycles. The summed E-state index contributed by atoms with van der Waals surface area (Å²) in [4.78, 5) is 17.3. The van der Waals surface area contributed by atoms with E-state index in [0.29, 0.717) is 0 Å². The smallest absolute Gasteiger partial charge is 0.543 e. The normalized spacial score (nSPS) is 8.77. The second-order valence-electron chi connectivity index (χ2n) is 1.85. The Balaban J connectivity index is 0.00000144. The van der Waals surface area contributed by atoms with Crippen LogP contribution in [-0.2, 0) is 0 Å². The van der Waals surface area contributed by atoms with Gasteiger partial charge >= 0.3 is 29.6 Å². The van der Waals surface area contributed by atoms with Crippen LogP contribution in [0.25, 0.3) is 0 Å². The average Bonchev–Trinajstić information content (AvgIpc) is 2.03. The van der Waals surface area contributed by atoms with Gasteiger partial charge in [0, 0.05) is 6.07 Å². The fourth-order valence-electron chi connectivity index (χ4n) is 0.606. The van der Waals surface area contributed by atoms with Crippen molar-refractivity contribution in [3.8, 4) is 5.88 Å². The van der Waals surface area contributed by atoms with Gasteiger partial charge in [0.05, 0.1) is 18.8 Å². The van der Waals surface area contributed by atoms with Gasteiger partial charge in [-0.15, -0.1) is 0 Å². The van der Waals surface area contributed by atoms with Gasteiger partial charge in [0.1, 0.15) is 0 Å². The molecule has 0 saturated heterocycles. The predicted molar refractivity (Wildman–Crippen MR) is 37.9 cm³/mol. The van der Waals surface area contributed by atoms with Crippen LogP contribution in [0, 0.1) is 0 Å². The predicted octanol–water partition coefficient (Wildman–Crippen LogP) is -3.49. The number of rotatable bonds is 2. The van der Waals surface area contributed by atoms with Crippen molar-refractivity contribution < 1.29 is 44.2 Å². The Morgan fingerprint density at radius 3 is 2.69 bits per heavy atom. The summed E-state index contributed by atoms with van der Waals surface area (Å²) < 4.78 is 4.66. The van der Waals surface area contributed by atoms with E-state index in [2.05, 4.69) is 14.7 Å². The summed E-state index contributed by atoms with van der Waals surface area (Å²) >= 11 is 5.38. The summed E-state index contributed by atoms with van der Waals surface area (Å²) in [5, 5.41) is 10.1. The second-order valence-corrected chi connectivity index (χ2v) is 2.19. The van der Waals surface area contributed by atoms with Crippen molar-refractivity contribution >= 4 is 17.6 Å². The Labute approximate surface area is 101 Å². The average molecular weight is 211 g/mol. The molecule has 1 rings (SSSR count). The SMILES string of the molecule is COc1cc(C(=O)[O-])nc(Cl)n1.[Na+]. The molecule has 1 aromatic heterocycles. The molecule has 0 bridgehead atoms. The van der Waals surface area contributed by atoms with E-state index in [0.717, 1.165) is 6.07 Å². The number of carbonyl (C=O) groups is 1. The number of aromatic nitrogens is 2. The number of aromatic carboxylic acids is 1. The van der Waals surface area contributed by atoms with Gasteiger partial charge in [-0.3, -0.25) is 0 Å². The zero-order chi connectivity index (χ0) is 9.14. The van der Waals surface area contributed by atoms with Crippen molar-refractivity contribution in [2.45, 2.75) is 0 Å². The number of ether oxygens (including phenoxy) is 1. The molecule has 0 N–H and O–H groups in total. The van der Waals surface area contributed by atoms with Gasteiger partial charge in [-0.05, 0) is 11.6 Å². The fraction of sp³-hybridized carbons (Fsp3) is 0.167. The first-order valence-electron chi connectivity index (χ1n) is 2.93. The molecular formula is C6H4ClN2NaO3. The van der Waals surface area contributed by atoms with E-state index in [1.54, 1.807) is 0 Å². The molecule has 0 fully saturated rings. The third-order valence-electron chi connectivity index (χ3n) is 1.09. The molecule has 0 saturated carbocycles. The van der Waals surface area contributed by atoms with Gasteiger partial charge in [-0.2, -0.15) is 4.98 Å². The van der Waals surface area contributed by atoms with Crippen LogP contribution < -0.4 is 39.4 Å². The van der Waals surface area contributed by atoms with E-state index >= 15 is 0 Å². The van der Waals surface area contributed by atoms with Crippen LogP contribution in [0.3, 0.4) is 0 Å². The molecule has 0 atom stereocenters. The number of hydrogen-bond acceptors (Lipinski definition) is 5. The van der Waals surface area contributed by atoms with E-state index in [4.69, 9.17) is 11.6 Å². The first-order valence-corrected chi connectivity index (χ1v) is 3.31. The van der Waals surface area contributed by atoms with Crippen molar-refractivity contribution in [2.24, 2.45) is 0 Å². The molecule has 0 aliphatic rings. The number of carbonyl (C=O) groups excluding carboxylic acids is 1. The standard InChI is InChI=1S/C6H5ClN2O3.Na/c1-12-4-2-3(5(10)11)8-6(7)9-4;/h2H,1H3,(H,10,11);/q;+1/p-1. The number of carboxylic acid groups (broad SMARTS) is 1. The van der Waals surface area contributed by atoms with E-state index in [-0.39, 0.29) is 46.4 Å². The third kappa shape index (κ3) is 3.48. The van der Waals surface area contributed by atoms with Crippen molar-refractivity contribution in [1.82, 2.24) is 9.97 Å². The minimum Gasteiger partial charge on any atom is -0.543 e. The summed E-state index contributed by atoms with van der Waals surface area (Å²) in [6, 6.07) is 1.13. The Kier molecular flexibility index (Phi) is 5.24. The number of carboxylic acids is 1. The van der Waals surface area contributed by atoms with Gasteiger partial charge in [0.25, 0.3) is 0 Å². The number of methoxy groups -OCH3 is 1. The molecule has 0 aromatic carbocycles. The molecule has 0 aliphatic heterocycles. The van der Waals surface area contributed by atoms with Gasteiger partial charge in [0.15, 0.2) is 0 Å². The number of halogens is 1. The third-order valence-corrected chi connectivity index (χ3v) is 1.26. The van der Waals surface area contributed by atoms with Crippen molar-refractivity contribution in [3.05, 3.63) is 17.0 Å². The maximum absolute atomic E-state index is 10.3. The van der Waals surface area contributed by atoms with Crippen LogP contribution in [0.5, 0.6) is 5.88 Å². The van der Waals surface area contributed by atoms with E-state index in [1.165, 1.54) is 7.11 Å². The van der Waals surface area contributed by atoms with Crippen molar-refractivity contribution in [2.75, 3.05) is 7.11 Å². The Morgan fingerprint density at radius 2 is 2.23 bits per heavy atom. The zero-order valence-electron chi connectivity index (χ0n) is 7.07. The van der Waals surface area contributed by atoms with Crippen LogP contribution in [0.1, 0.15) is 10.5 Å². The first-order chi connectivity index (χ1) is 5.63. The molecule has 0 aliphatic carbocycles. The van der Waals surface area contributed by atoms with Gasteiger partial charge in [-0.1, -0.05) is 0 Å². The van der Waals surface area contributed by atoms with Gasteiger partial charge in [-0.25, -0.2) is 4.98 Å². The molecule has 1 aromatic rings. The Morgan fingerprint density at radius 1 is 1.62 bits per heavy atom. The number of nitrogens with zero attached hydrogens (tertiary/aromatic N) is 2. The van der Waals surface area contributed by atoms with Crippen LogP contribution >= 0.6 is 11.6 Å². The Hall–Kier alpha value is -0.360. The summed E-state index contributed by atoms with van der Waals surface area (Å²) in [5.74, 6) is -1.33. The topological polar surface area (TPSA) is 75.1 Å². The molecule has 5 nitrogen and oxygen atoms in total. The second kappa shape index (κ2) is 5.39. The molecular weight excluding hydrogens is 207 g/mol. The quantitative estimate of drug-likeness (QED) is 0.374. The summed E-state index contributed by atoms with van der Waals surface area (Å²) in [6.45, 7) is 0. The molecule has 0 unspecified atom stereocenters. The van der Waals surface area contributed by atoms with Crippen molar-refractivity contribution in [1.29, 1.82) is 0 Å². The zero-order valence-corrected chi connectivity index (χ0v) is 9.83. The molecule has 0 spiro atoms. The minimum atomic E-state index is -1.42. The summed E-state index contributed by atoms with van der Waals surface area (Å²) in [6.07, 6.45) is 0. The van der Waals surface area contributed by atoms with E-state index in [1.807, 2.05) is 0 Å². The Bertz CT molecular complexity index is 321. The van der Waals surface area contributed by atoms with Crippen LogP contribution in [0.2, 0.25) is 5.28 Å². The maximum Gasteiger partial charge on any atom is 1.00 e. The maximum atomic E-state index is 10.3. The molecule has 13 heavy (non-hydrogen) atoms. The van der Waals surface area contributed by atoms with E-state index in [9.17, 15) is 9.90 Å². The van der Waals surface area contributed by atoms with Gasteiger partial charge < -0.3 is 14.6 Å². The minimum absolute atomic E-state index is 0. The molecule has 0 radical (unpaired) electrons. The van der Waals surface area contributed by atoms with E-state index < -0.39 is 5.97 Å². The van der Waals surface area contributed by atoms with Gasteiger partial charge in [0.2, 0.25) is 11.2 Å². The molecule has 64 valence electrons. The fourth-order valence-corrected chi connectivity index (χ4v) is 0.780. The van der Waals surface area contributed by atoms with Crippen LogP contribution in [-0.4, -0.2) is 23.0 Å². The summed E-state index contributed by atoms with van der Waals surface area (Å²) in [7, 11) is 1.34.